The van der Waals surface area contributed by atoms with Crippen molar-refractivity contribution in [3.8, 4) is 0 Å². The van der Waals surface area contributed by atoms with Crippen LogP contribution in [0.2, 0.25) is 0 Å². The van der Waals surface area contributed by atoms with Crippen molar-refractivity contribution in [1.29, 1.82) is 0 Å². The molecule has 0 radical (unpaired) electrons. The summed E-state index contributed by atoms with van der Waals surface area (Å²) in [5.74, 6) is -3.35. The zero-order valence-electron chi connectivity index (χ0n) is 20.3. The van der Waals surface area contributed by atoms with Crippen LogP contribution in [0.4, 0.5) is 24.5 Å². The second kappa shape index (κ2) is 11.2. The molecular weight excluding hydrogens is 501 g/mol. The predicted octanol–water partition coefficient (Wildman–Crippen LogP) is 4.98. The average Bonchev–Trinajstić information content (AvgIpc) is 2.75. The summed E-state index contributed by atoms with van der Waals surface area (Å²) in [5, 5.41) is 16.5. The molecule has 1 saturated heterocycles. The van der Waals surface area contributed by atoms with Crippen LogP contribution in [0.3, 0.4) is 0 Å². The summed E-state index contributed by atoms with van der Waals surface area (Å²) >= 11 is 0. The average molecular weight is 531 g/mol. The van der Waals surface area contributed by atoms with Crippen molar-refractivity contribution < 1.29 is 41.4 Å². The zero-order valence-corrected chi connectivity index (χ0v) is 21.1. The molecule has 2 aromatic rings. The summed E-state index contributed by atoms with van der Waals surface area (Å²) < 4.78 is 60.8. The first-order valence-corrected chi connectivity index (χ1v) is 12.5. The van der Waals surface area contributed by atoms with Crippen molar-refractivity contribution in [2.24, 2.45) is 5.92 Å². The molecule has 8 nitrogen and oxygen atoms in total. The fourth-order valence-corrected chi connectivity index (χ4v) is 5.24. The molecule has 0 aromatic heterocycles. The van der Waals surface area contributed by atoms with E-state index in [9.17, 15) is 31.5 Å². The lowest BCUT2D eigenvalue weighted by atomic mass is 9.99. The number of aryl methyl sites for hydroxylation is 3. The molecule has 3 rings (SSSR count). The molecule has 2 aromatic carbocycles. The fraction of sp³-hybridized carbons (Fsp3) is 0.417. The molecule has 1 aliphatic heterocycles. The van der Waals surface area contributed by atoms with Gasteiger partial charge in [0.1, 0.15) is 0 Å². The molecule has 0 aliphatic carbocycles. The van der Waals surface area contributed by atoms with E-state index in [2.05, 4.69) is 16.5 Å². The summed E-state index contributed by atoms with van der Waals surface area (Å²) in [7, 11) is -3.87. The lowest BCUT2D eigenvalue weighted by Crippen LogP contribution is -2.35. The molecule has 1 aliphatic rings. The van der Waals surface area contributed by atoms with Crippen LogP contribution in [0.15, 0.2) is 35.2 Å². The number of alkyl halides is 3. The third-order valence-corrected chi connectivity index (χ3v) is 7.32. The number of carboxylic acid groups (broad SMARTS) is 2. The number of rotatable bonds is 5. The van der Waals surface area contributed by atoms with Crippen molar-refractivity contribution >= 4 is 33.3 Å². The molecule has 0 spiro atoms. The molecule has 12 heteroatoms. The molecule has 36 heavy (non-hydrogen) atoms. The number of nitrogens with one attached hydrogen (secondary N) is 1. The van der Waals surface area contributed by atoms with E-state index in [-0.39, 0.29) is 10.5 Å². The second-order valence-corrected chi connectivity index (χ2v) is 10.5. The number of nitrogens with zero attached hydrogens (tertiary/aromatic N) is 1. The van der Waals surface area contributed by atoms with Crippen LogP contribution >= 0.6 is 0 Å². The van der Waals surface area contributed by atoms with Gasteiger partial charge >= 0.3 is 18.1 Å². The van der Waals surface area contributed by atoms with Crippen molar-refractivity contribution in [2.75, 3.05) is 22.7 Å². The molecule has 1 unspecified atom stereocenters. The largest absolute Gasteiger partial charge is 0.490 e. The Hall–Kier alpha value is -3.28. The van der Waals surface area contributed by atoms with Crippen molar-refractivity contribution in [3.05, 3.63) is 52.6 Å². The summed E-state index contributed by atoms with van der Waals surface area (Å²) in [6.45, 7) is 9.37. The third-order valence-electron chi connectivity index (χ3n) is 5.81. The number of aliphatic carboxylic acids is 1. The summed E-state index contributed by atoms with van der Waals surface area (Å²) in [5.41, 5.74) is 3.64. The van der Waals surface area contributed by atoms with Gasteiger partial charge in [-0.1, -0.05) is 13.0 Å². The first-order valence-electron chi connectivity index (χ1n) is 11.1. The van der Waals surface area contributed by atoms with Crippen molar-refractivity contribution in [3.63, 3.8) is 0 Å². The number of benzene rings is 2. The summed E-state index contributed by atoms with van der Waals surface area (Å²) in [6, 6.07) is 8.15. The quantitative estimate of drug-likeness (QED) is 0.498. The second-order valence-electron chi connectivity index (χ2n) is 8.84. The van der Waals surface area contributed by atoms with Gasteiger partial charge in [-0.25, -0.2) is 18.0 Å². The van der Waals surface area contributed by atoms with Crippen LogP contribution < -0.4 is 9.62 Å². The van der Waals surface area contributed by atoms with Crippen LogP contribution in [0.5, 0.6) is 0 Å². The van der Waals surface area contributed by atoms with Gasteiger partial charge in [0.2, 0.25) is 0 Å². The van der Waals surface area contributed by atoms with E-state index in [4.69, 9.17) is 9.90 Å². The number of carbonyl (C=O) groups is 2. The van der Waals surface area contributed by atoms with E-state index in [1.54, 1.807) is 19.1 Å². The molecule has 198 valence electrons. The van der Waals surface area contributed by atoms with Crippen molar-refractivity contribution in [2.45, 2.75) is 51.6 Å². The highest BCUT2D eigenvalue weighted by atomic mass is 32.2. The van der Waals surface area contributed by atoms with Crippen LogP contribution in [-0.2, 0) is 14.8 Å². The van der Waals surface area contributed by atoms with E-state index < -0.39 is 28.1 Å². The minimum atomic E-state index is -5.08. The Morgan fingerprint density at radius 3 is 2.14 bits per heavy atom. The molecule has 0 bridgehead atoms. The minimum Gasteiger partial charge on any atom is -0.478 e. The Bertz CT molecular complexity index is 1250. The van der Waals surface area contributed by atoms with E-state index in [0.29, 0.717) is 22.9 Å². The molecule has 1 fully saturated rings. The van der Waals surface area contributed by atoms with Gasteiger partial charge in [-0.05, 0) is 80.5 Å². The number of hydrogen-bond donors (Lipinski definition) is 3. The Labute approximate surface area is 207 Å². The molecule has 1 atom stereocenters. The highest BCUT2D eigenvalue weighted by molar-refractivity contribution is 7.92. The topological polar surface area (TPSA) is 124 Å². The van der Waals surface area contributed by atoms with Crippen molar-refractivity contribution in [1.82, 2.24) is 0 Å². The number of halogens is 3. The highest BCUT2D eigenvalue weighted by Gasteiger charge is 2.38. The van der Waals surface area contributed by atoms with Gasteiger partial charge in [0, 0.05) is 13.1 Å². The van der Waals surface area contributed by atoms with Gasteiger partial charge in [0.25, 0.3) is 10.0 Å². The van der Waals surface area contributed by atoms with Gasteiger partial charge in [-0.2, -0.15) is 13.2 Å². The summed E-state index contributed by atoms with van der Waals surface area (Å²) in [4.78, 5) is 22.7. The van der Waals surface area contributed by atoms with Gasteiger partial charge in [0.15, 0.2) is 0 Å². The lowest BCUT2D eigenvalue weighted by molar-refractivity contribution is -0.192. The summed E-state index contributed by atoms with van der Waals surface area (Å²) in [6.07, 6.45) is -2.93. The number of carboxylic acids is 2. The number of sulfonamides is 1. The van der Waals surface area contributed by atoms with Gasteiger partial charge in [-0.15, -0.1) is 0 Å². The standard InChI is InChI=1S/C22H28N2O4S.C2HF3O2/c1-14-6-5-9-24(13-14)20-8-7-18(22(25)26)12-19(20)23-29(27,28)21-11-16(3)15(2)10-17(21)4;3-2(4,5)1(6)7/h7-8,10-12,14,23H,5-6,9,13H2,1-4H3,(H,25,26);(H,6,7). The minimum absolute atomic E-state index is 0.0494. The molecular formula is C24H29F3N2O6S. The van der Waals surface area contributed by atoms with Crippen LogP contribution in [0.25, 0.3) is 0 Å². The SMILES string of the molecule is Cc1cc(C)c(S(=O)(=O)Nc2cc(C(=O)O)ccc2N2CCCC(C)C2)cc1C.O=C(O)C(F)(F)F. The lowest BCUT2D eigenvalue weighted by Gasteiger charge is -2.34. The fourth-order valence-electron chi connectivity index (χ4n) is 3.86. The number of anilines is 2. The Morgan fingerprint density at radius 2 is 1.61 bits per heavy atom. The highest BCUT2D eigenvalue weighted by Crippen LogP contribution is 2.33. The zero-order chi connectivity index (χ0) is 27.4. The Balaban J connectivity index is 0.000000572. The molecule has 0 saturated carbocycles. The molecule has 1 heterocycles. The predicted molar refractivity (Wildman–Crippen MR) is 129 cm³/mol. The van der Waals surface area contributed by atoms with Gasteiger partial charge in [0.05, 0.1) is 21.8 Å². The van der Waals surface area contributed by atoms with Crippen LogP contribution in [0, 0.1) is 26.7 Å². The maximum absolute atomic E-state index is 13.2. The van der Waals surface area contributed by atoms with Crippen LogP contribution in [-0.4, -0.2) is 49.8 Å². The van der Waals surface area contributed by atoms with Crippen LogP contribution in [0.1, 0.15) is 46.8 Å². The smallest absolute Gasteiger partial charge is 0.478 e. The number of hydrogen-bond acceptors (Lipinski definition) is 5. The Kier molecular flexibility index (Phi) is 9.00. The van der Waals surface area contributed by atoms with E-state index >= 15 is 0 Å². The third kappa shape index (κ3) is 7.36. The Morgan fingerprint density at radius 1 is 1.03 bits per heavy atom. The molecule has 3 N–H and O–H groups in total. The van der Waals surface area contributed by atoms with E-state index in [1.807, 2.05) is 19.9 Å². The normalized spacial score (nSPS) is 16.1. The van der Waals surface area contributed by atoms with Gasteiger partial charge < -0.3 is 15.1 Å². The first-order chi connectivity index (χ1) is 16.5. The maximum Gasteiger partial charge on any atom is 0.490 e. The molecule has 0 amide bonds. The number of piperidine rings is 1. The first kappa shape index (κ1) is 29.0. The maximum atomic E-state index is 13.2. The van der Waals surface area contributed by atoms with E-state index in [0.717, 1.165) is 37.1 Å². The monoisotopic (exact) mass is 530 g/mol. The number of aromatic carboxylic acids is 1. The van der Waals surface area contributed by atoms with Gasteiger partial charge in [-0.3, -0.25) is 4.72 Å². The van der Waals surface area contributed by atoms with E-state index in [1.165, 1.54) is 12.1 Å².